The number of terminal acetylenes is 1. The van der Waals surface area contributed by atoms with Gasteiger partial charge >= 0.3 is 0 Å². The second kappa shape index (κ2) is 4.37. The third-order valence-electron chi connectivity index (χ3n) is 1.15. The van der Waals surface area contributed by atoms with Crippen LogP contribution in [-0.4, -0.2) is 19.3 Å². The van der Waals surface area contributed by atoms with Crippen LogP contribution in [0.25, 0.3) is 0 Å². The molecule has 11 heavy (non-hydrogen) atoms. The van der Waals surface area contributed by atoms with Gasteiger partial charge in [0.05, 0.1) is 14.2 Å². The molecule has 0 aliphatic carbocycles. The molecular weight excluding hydrogens is 152 g/mol. The zero-order chi connectivity index (χ0) is 8.91. The van der Waals surface area contributed by atoms with E-state index in [-0.39, 0.29) is 0 Å². The van der Waals surface area contributed by atoms with Crippen molar-refractivity contribution in [2.24, 2.45) is 0 Å². The first-order valence-corrected chi connectivity index (χ1v) is 7.34. The molecule has 0 saturated carbocycles. The molecule has 0 fully saturated rings. The highest BCUT2D eigenvalue weighted by atomic mass is 28.3. The summed E-state index contributed by atoms with van der Waals surface area (Å²) in [5.41, 5.74) is 2.11. The van der Waals surface area contributed by atoms with Crippen LogP contribution >= 0.6 is 0 Å². The highest BCUT2D eigenvalue weighted by Gasteiger charge is 2.07. The van der Waals surface area contributed by atoms with Crippen molar-refractivity contribution < 1.29 is 5.11 Å². The van der Waals surface area contributed by atoms with E-state index in [1.165, 1.54) is 0 Å². The molecule has 0 heterocycles. The summed E-state index contributed by atoms with van der Waals surface area (Å²) in [6, 6.07) is 0. The number of rotatable bonds is 3. The van der Waals surface area contributed by atoms with E-state index in [1.807, 2.05) is 6.08 Å². The van der Waals surface area contributed by atoms with Crippen LogP contribution in [0.2, 0.25) is 19.6 Å². The lowest BCUT2D eigenvalue weighted by Crippen LogP contribution is -2.17. The van der Waals surface area contributed by atoms with Gasteiger partial charge in [-0.15, -0.1) is 12.3 Å². The molecular formula is C9H16OSi. The van der Waals surface area contributed by atoms with Crippen molar-refractivity contribution in [3.8, 4) is 12.3 Å². The summed E-state index contributed by atoms with van der Waals surface area (Å²) in [7, 11) is -1.16. The summed E-state index contributed by atoms with van der Waals surface area (Å²) in [5, 5.41) is 9.21. The Morgan fingerprint density at radius 1 is 1.55 bits per heavy atom. The van der Waals surface area contributed by atoms with Gasteiger partial charge in [0.1, 0.15) is 0 Å². The molecule has 0 saturated heterocycles. The molecule has 0 rings (SSSR count). The quantitative estimate of drug-likeness (QED) is 0.503. The van der Waals surface area contributed by atoms with Crippen molar-refractivity contribution in [3.63, 3.8) is 0 Å². The van der Waals surface area contributed by atoms with Crippen molar-refractivity contribution in [2.75, 3.05) is 0 Å². The molecule has 2 heteroatoms. The molecule has 0 aromatic carbocycles. The Hall–Kier alpha value is -0.523. The van der Waals surface area contributed by atoms with E-state index >= 15 is 0 Å². The molecule has 1 N–H and O–H groups in total. The van der Waals surface area contributed by atoms with Crippen LogP contribution < -0.4 is 0 Å². The van der Waals surface area contributed by atoms with Crippen molar-refractivity contribution in [1.29, 1.82) is 0 Å². The van der Waals surface area contributed by atoms with Crippen molar-refractivity contribution >= 4 is 8.07 Å². The van der Waals surface area contributed by atoms with E-state index in [0.29, 0.717) is 6.42 Å². The van der Waals surface area contributed by atoms with Crippen LogP contribution in [-0.2, 0) is 0 Å². The molecule has 62 valence electrons. The van der Waals surface area contributed by atoms with Gasteiger partial charge in [-0.1, -0.05) is 31.4 Å². The van der Waals surface area contributed by atoms with Gasteiger partial charge in [-0.05, 0) is 0 Å². The summed E-state index contributed by atoms with van der Waals surface area (Å²) < 4.78 is 0. The second-order valence-electron chi connectivity index (χ2n) is 3.70. The van der Waals surface area contributed by atoms with Crippen LogP contribution in [0.5, 0.6) is 0 Å². The zero-order valence-electron chi connectivity index (χ0n) is 7.46. The number of hydrogen-bond acceptors (Lipinski definition) is 1. The van der Waals surface area contributed by atoms with Gasteiger partial charge in [0.25, 0.3) is 0 Å². The maximum Gasteiger partial charge on any atom is 0.0826 e. The monoisotopic (exact) mass is 168 g/mol. The fourth-order valence-corrected chi connectivity index (χ4v) is 1.39. The predicted molar refractivity (Wildman–Crippen MR) is 51.9 cm³/mol. The van der Waals surface area contributed by atoms with E-state index in [9.17, 15) is 5.11 Å². The van der Waals surface area contributed by atoms with E-state index in [4.69, 9.17) is 6.42 Å². The first-order valence-electron chi connectivity index (χ1n) is 3.76. The van der Waals surface area contributed by atoms with Gasteiger partial charge < -0.3 is 5.11 Å². The summed E-state index contributed by atoms with van der Waals surface area (Å²) in [6.45, 7) is 6.64. The van der Waals surface area contributed by atoms with Gasteiger partial charge in [0.15, 0.2) is 0 Å². The lowest BCUT2D eigenvalue weighted by Gasteiger charge is -2.09. The third-order valence-corrected chi connectivity index (χ3v) is 2.34. The van der Waals surface area contributed by atoms with E-state index < -0.39 is 14.2 Å². The van der Waals surface area contributed by atoms with Crippen LogP contribution in [0.3, 0.4) is 0 Å². The van der Waals surface area contributed by atoms with Gasteiger partial charge in [-0.25, -0.2) is 0 Å². The highest BCUT2D eigenvalue weighted by Crippen LogP contribution is 2.03. The first-order chi connectivity index (χ1) is 4.95. The first kappa shape index (κ1) is 10.5. The summed E-state index contributed by atoms with van der Waals surface area (Å²) in [4.78, 5) is 0. The largest absolute Gasteiger partial charge is 0.388 e. The van der Waals surface area contributed by atoms with E-state index in [1.54, 1.807) is 0 Å². The van der Waals surface area contributed by atoms with Crippen molar-refractivity contribution in [1.82, 2.24) is 0 Å². The molecule has 0 aromatic rings. The maximum atomic E-state index is 9.21. The van der Waals surface area contributed by atoms with Crippen molar-refractivity contribution in [2.45, 2.75) is 32.2 Å². The molecule has 0 spiro atoms. The SMILES string of the molecule is C#CC[C@H](O)/C=C/[Si](C)(C)C. The lowest BCUT2D eigenvalue weighted by atomic mass is 10.3. The minimum atomic E-state index is -1.16. The number of hydrogen-bond donors (Lipinski definition) is 1. The fraction of sp³-hybridized carbons (Fsp3) is 0.556. The van der Waals surface area contributed by atoms with E-state index in [2.05, 4.69) is 31.3 Å². The van der Waals surface area contributed by atoms with Crippen LogP contribution in [0.1, 0.15) is 6.42 Å². The topological polar surface area (TPSA) is 20.2 Å². The van der Waals surface area contributed by atoms with Gasteiger partial charge in [-0.2, -0.15) is 0 Å². The van der Waals surface area contributed by atoms with Gasteiger partial charge in [0.2, 0.25) is 0 Å². The molecule has 0 unspecified atom stereocenters. The number of aliphatic hydroxyl groups excluding tert-OH is 1. The molecule has 0 aliphatic rings. The molecule has 0 aromatic heterocycles. The summed E-state index contributed by atoms with van der Waals surface area (Å²) in [6.07, 6.45) is 6.81. The Morgan fingerprint density at radius 2 is 2.09 bits per heavy atom. The zero-order valence-corrected chi connectivity index (χ0v) is 8.46. The average Bonchev–Trinajstić information content (AvgIpc) is 1.83. The molecule has 0 bridgehead atoms. The Bertz CT molecular complexity index is 171. The maximum absolute atomic E-state index is 9.21. The molecule has 1 atom stereocenters. The Balaban J connectivity index is 3.85. The average molecular weight is 168 g/mol. The van der Waals surface area contributed by atoms with Crippen molar-refractivity contribution in [3.05, 3.63) is 11.8 Å². The Morgan fingerprint density at radius 3 is 2.45 bits per heavy atom. The second-order valence-corrected chi connectivity index (χ2v) is 8.77. The van der Waals surface area contributed by atoms with E-state index in [0.717, 1.165) is 0 Å². The predicted octanol–water partition coefficient (Wildman–Crippen LogP) is 1.80. The molecule has 0 radical (unpaired) electrons. The smallest absolute Gasteiger partial charge is 0.0826 e. The van der Waals surface area contributed by atoms with Crippen LogP contribution in [0.15, 0.2) is 11.8 Å². The fourth-order valence-electron chi connectivity index (χ4n) is 0.589. The molecule has 1 nitrogen and oxygen atoms in total. The highest BCUT2D eigenvalue weighted by molar-refractivity contribution is 6.80. The van der Waals surface area contributed by atoms with Gasteiger partial charge in [-0.3, -0.25) is 0 Å². The normalized spacial score (nSPS) is 14.8. The van der Waals surface area contributed by atoms with Crippen LogP contribution in [0, 0.1) is 12.3 Å². The Kier molecular flexibility index (Phi) is 4.17. The minimum absolute atomic E-state index is 0.418. The summed E-state index contributed by atoms with van der Waals surface area (Å²) in [5.74, 6) is 2.42. The summed E-state index contributed by atoms with van der Waals surface area (Å²) >= 11 is 0. The molecule has 0 aliphatic heterocycles. The lowest BCUT2D eigenvalue weighted by molar-refractivity contribution is 0.229. The minimum Gasteiger partial charge on any atom is -0.388 e. The number of aliphatic hydroxyl groups is 1. The Labute approximate surface area is 70.1 Å². The third kappa shape index (κ3) is 7.37. The van der Waals surface area contributed by atoms with Crippen LogP contribution in [0.4, 0.5) is 0 Å². The molecule has 0 amide bonds. The van der Waals surface area contributed by atoms with Gasteiger partial charge in [0, 0.05) is 6.42 Å². The standard InChI is InChI=1S/C9H16OSi/c1-5-6-9(10)7-8-11(2,3)4/h1,7-10H,6H2,2-4H3/b8-7+/t9-/m0/s1.